The summed E-state index contributed by atoms with van der Waals surface area (Å²) < 4.78 is 18.8. The van der Waals surface area contributed by atoms with Gasteiger partial charge in [-0.05, 0) is 23.6 Å². The Morgan fingerprint density at radius 3 is 1.51 bits per heavy atom. The first-order valence-corrected chi connectivity index (χ1v) is 12.6. The van der Waals surface area contributed by atoms with Crippen molar-refractivity contribution in [2.24, 2.45) is 0 Å². The molecule has 0 saturated heterocycles. The molecule has 0 spiro atoms. The lowest BCUT2D eigenvalue weighted by atomic mass is 9.81. The molecule has 6 atom stereocenters. The van der Waals surface area contributed by atoms with Crippen LogP contribution >= 0.6 is 0 Å². The summed E-state index contributed by atoms with van der Waals surface area (Å²) in [5, 5.41) is 43.7. The van der Waals surface area contributed by atoms with Crippen molar-refractivity contribution in [1.29, 1.82) is 0 Å². The Morgan fingerprint density at radius 2 is 1.08 bits per heavy atom. The summed E-state index contributed by atoms with van der Waals surface area (Å²) in [5.41, 5.74) is -1.17. The average molecular weight is 509 g/mol. The van der Waals surface area contributed by atoms with Crippen molar-refractivity contribution in [2.45, 2.75) is 68.8 Å². The summed E-state index contributed by atoms with van der Waals surface area (Å²) in [6.07, 6.45) is -4.53. The highest BCUT2D eigenvalue weighted by molar-refractivity contribution is 5.22. The fourth-order valence-electron chi connectivity index (χ4n) is 4.98. The van der Waals surface area contributed by atoms with Crippen LogP contribution in [0.1, 0.15) is 30.0 Å². The van der Waals surface area contributed by atoms with Gasteiger partial charge in [0.2, 0.25) is 0 Å². The summed E-state index contributed by atoms with van der Waals surface area (Å²) >= 11 is 0. The molecule has 0 bridgehead atoms. The van der Waals surface area contributed by atoms with Crippen LogP contribution in [0.2, 0.25) is 0 Å². The van der Waals surface area contributed by atoms with Crippen molar-refractivity contribution < 1.29 is 34.6 Å². The second-order valence-electron chi connectivity index (χ2n) is 9.81. The van der Waals surface area contributed by atoms with Gasteiger partial charge in [-0.3, -0.25) is 0 Å². The molecular formula is C30H36O7. The minimum absolute atomic E-state index is 0.149. The molecule has 1 aliphatic rings. The summed E-state index contributed by atoms with van der Waals surface area (Å²) in [4.78, 5) is 0. The summed E-state index contributed by atoms with van der Waals surface area (Å²) in [6.45, 7) is 1.43. The molecule has 37 heavy (non-hydrogen) atoms. The molecule has 1 aliphatic carbocycles. The van der Waals surface area contributed by atoms with E-state index in [1.807, 2.05) is 91.0 Å². The maximum absolute atomic E-state index is 12.0. The molecule has 0 heterocycles. The topological polar surface area (TPSA) is 109 Å². The van der Waals surface area contributed by atoms with E-state index in [2.05, 4.69) is 0 Å². The molecule has 0 aromatic heterocycles. The number of ether oxygens (including phenoxy) is 3. The molecule has 3 aromatic carbocycles. The van der Waals surface area contributed by atoms with E-state index in [0.29, 0.717) is 0 Å². The molecule has 0 unspecified atom stereocenters. The zero-order chi connectivity index (χ0) is 26.3. The minimum atomic E-state index is -1.98. The Labute approximate surface area is 217 Å². The van der Waals surface area contributed by atoms with E-state index < -0.39 is 42.2 Å². The molecule has 0 amide bonds. The van der Waals surface area contributed by atoms with E-state index in [1.165, 1.54) is 6.92 Å². The van der Waals surface area contributed by atoms with Gasteiger partial charge in [0, 0.05) is 6.42 Å². The summed E-state index contributed by atoms with van der Waals surface area (Å²) in [5.74, 6) is 0. The highest BCUT2D eigenvalue weighted by atomic mass is 16.6. The Balaban J connectivity index is 1.67. The van der Waals surface area contributed by atoms with E-state index in [9.17, 15) is 20.4 Å². The molecule has 0 aliphatic heterocycles. The lowest BCUT2D eigenvalue weighted by Gasteiger charge is -2.41. The van der Waals surface area contributed by atoms with E-state index in [-0.39, 0.29) is 26.2 Å². The monoisotopic (exact) mass is 508 g/mol. The van der Waals surface area contributed by atoms with Crippen LogP contribution in [0.3, 0.4) is 0 Å². The first-order chi connectivity index (χ1) is 17.8. The van der Waals surface area contributed by atoms with Crippen molar-refractivity contribution in [2.75, 3.05) is 6.61 Å². The smallest absolute Gasteiger partial charge is 0.127 e. The molecule has 3 aromatic rings. The van der Waals surface area contributed by atoms with Crippen LogP contribution in [0.15, 0.2) is 91.0 Å². The minimum Gasteiger partial charge on any atom is -0.394 e. The zero-order valence-corrected chi connectivity index (χ0v) is 21.0. The van der Waals surface area contributed by atoms with Gasteiger partial charge in [0.05, 0.1) is 32.5 Å². The van der Waals surface area contributed by atoms with Gasteiger partial charge < -0.3 is 34.6 Å². The van der Waals surface area contributed by atoms with Crippen molar-refractivity contribution in [3.05, 3.63) is 108 Å². The Kier molecular flexibility index (Phi) is 9.10. The quantitative estimate of drug-likeness (QED) is 0.298. The number of hydrogen-bond donors (Lipinski definition) is 4. The normalized spacial score (nSPS) is 28.3. The standard InChI is InChI=1S/C30H36O7/c1-29(33)27(36-20-23-13-7-3-8-14-23)26(35-19-22-11-5-2-6-12-22)28(30(29,34)17-25(32)18-31)37-21-24-15-9-4-10-16-24/h2-16,25-28,31-34H,17-21H2,1H3/t25-,26-,27-,28+,29+,30+/m1/s1. The highest BCUT2D eigenvalue weighted by Crippen LogP contribution is 2.47. The van der Waals surface area contributed by atoms with Gasteiger partial charge in [-0.15, -0.1) is 0 Å². The fraction of sp³-hybridized carbons (Fsp3) is 0.400. The first kappa shape index (κ1) is 27.4. The van der Waals surface area contributed by atoms with Crippen molar-refractivity contribution in [3.63, 3.8) is 0 Å². The SMILES string of the molecule is C[C@]1(O)[C@H](OCc2ccccc2)[C@@H](OCc2ccccc2)[C@H](OCc2ccccc2)[C@@]1(O)C[C@@H](O)CO. The van der Waals surface area contributed by atoms with Crippen LogP contribution < -0.4 is 0 Å². The van der Waals surface area contributed by atoms with Gasteiger partial charge in [-0.1, -0.05) is 91.0 Å². The van der Waals surface area contributed by atoms with Crippen LogP contribution in [-0.2, 0) is 34.0 Å². The average Bonchev–Trinajstić information content (AvgIpc) is 3.07. The van der Waals surface area contributed by atoms with Crippen LogP contribution in [-0.4, -0.2) is 62.7 Å². The molecule has 0 radical (unpaired) electrons. The Morgan fingerprint density at radius 1 is 0.676 bits per heavy atom. The third kappa shape index (κ3) is 6.27. The molecule has 1 saturated carbocycles. The molecule has 7 nitrogen and oxygen atoms in total. The third-order valence-corrected chi connectivity index (χ3v) is 7.09. The molecule has 4 rings (SSSR count). The second kappa shape index (κ2) is 12.3. The first-order valence-electron chi connectivity index (χ1n) is 12.6. The van der Waals surface area contributed by atoms with Gasteiger partial charge in [0.25, 0.3) is 0 Å². The number of rotatable bonds is 12. The molecule has 198 valence electrons. The third-order valence-electron chi connectivity index (χ3n) is 7.09. The van der Waals surface area contributed by atoms with Crippen LogP contribution in [0.4, 0.5) is 0 Å². The fourth-order valence-corrected chi connectivity index (χ4v) is 4.98. The molecule has 4 N–H and O–H groups in total. The van der Waals surface area contributed by atoms with Crippen LogP contribution in [0, 0.1) is 0 Å². The number of aliphatic hydroxyl groups excluding tert-OH is 2. The van der Waals surface area contributed by atoms with Gasteiger partial charge in [0.1, 0.15) is 29.5 Å². The second-order valence-corrected chi connectivity index (χ2v) is 9.81. The predicted octanol–water partition coefficient (Wildman–Crippen LogP) is 2.98. The van der Waals surface area contributed by atoms with Gasteiger partial charge in [-0.2, -0.15) is 0 Å². The van der Waals surface area contributed by atoms with Gasteiger partial charge in [0.15, 0.2) is 0 Å². The van der Waals surface area contributed by atoms with Crippen molar-refractivity contribution in [3.8, 4) is 0 Å². The lowest BCUT2D eigenvalue weighted by molar-refractivity contribution is -0.214. The van der Waals surface area contributed by atoms with E-state index >= 15 is 0 Å². The zero-order valence-electron chi connectivity index (χ0n) is 21.0. The number of benzene rings is 3. The van der Waals surface area contributed by atoms with Crippen LogP contribution in [0.25, 0.3) is 0 Å². The lowest BCUT2D eigenvalue weighted by Crippen LogP contribution is -2.59. The van der Waals surface area contributed by atoms with Gasteiger partial charge in [-0.25, -0.2) is 0 Å². The highest BCUT2D eigenvalue weighted by Gasteiger charge is 2.69. The Bertz CT molecular complexity index is 1080. The summed E-state index contributed by atoms with van der Waals surface area (Å²) in [6, 6.07) is 28.6. The van der Waals surface area contributed by atoms with Gasteiger partial charge >= 0.3 is 0 Å². The molecular weight excluding hydrogens is 472 g/mol. The van der Waals surface area contributed by atoms with Crippen molar-refractivity contribution in [1.82, 2.24) is 0 Å². The summed E-state index contributed by atoms with van der Waals surface area (Å²) in [7, 11) is 0. The maximum atomic E-state index is 12.0. The molecule has 1 fully saturated rings. The molecule has 7 heteroatoms. The predicted molar refractivity (Wildman–Crippen MR) is 138 cm³/mol. The number of hydrogen-bond acceptors (Lipinski definition) is 7. The van der Waals surface area contributed by atoms with E-state index in [4.69, 9.17) is 14.2 Å². The largest absolute Gasteiger partial charge is 0.394 e. The van der Waals surface area contributed by atoms with E-state index in [0.717, 1.165) is 16.7 Å². The van der Waals surface area contributed by atoms with Crippen molar-refractivity contribution >= 4 is 0 Å². The maximum Gasteiger partial charge on any atom is 0.127 e. The Hall–Kier alpha value is -2.62. The number of aliphatic hydroxyl groups is 4. The van der Waals surface area contributed by atoms with E-state index in [1.54, 1.807) is 0 Å². The van der Waals surface area contributed by atoms with Crippen LogP contribution in [0.5, 0.6) is 0 Å².